The Morgan fingerprint density at radius 2 is 1.81 bits per heavy atom. The minimum absolute atomic E-state index is 0.722. The van der Waals surface area contributed by atoms with Gasteiger partial charge < -0.3 is 9.30 Å². The Morgan fingerprint density at radius 3 is 2.62 bits per heavy atom. The Bertz CT molecular complexity index is 898. The van der Waals surface area contributed by atoms with Crippen molar-refractivity contribution in [3.05, 3.63) is 59.1 Å². The number of rotatable bonds is 5. The van der Waals surface area contributed by atoms with E-state index in [0.717, 1.165) is 67.0 Å². The van der Waals surface area contributed by atoms with Crippen molar-refractivity contribution in [3.63, 3.8) is 0 Å². The Hall–Kier alpha value is -2.21. The zero-order chi connectivity index (χ0) is 17.8. The van der Waals surface area contributed by atoms with E-state index in [1.165, 1.54) is 0 Å². The van der Waals surface area contributed by atoms with Crippen LogP contribution in [0.25, 0.3) is 11.0 Å². The summed E-state index contributed by atoms with van der Waals surface area (Å²) in [6.45, 7) is 5.41. The number of hydrogen-bond donors (Lipinski definition) is 0. The van der Waals surface area contributed by atoms with Crippen molar-refractivity contribution in [2.45, 2.75) is 6.54 Å². The van der Waals surface area contributed by atoms with Gasteiger partial charge in [-0.2, -0.15) is 0 Å². The Balaban J connectivity index is 1.59. The molecule has 3 aromatic rings. The topological polar surface area (TPSA) is 42.7 Å². The molecule has 1 aliphatic rings. The van der Waals surface area contributed by atoms with Gasteiger partial charge in [0.1, 0.15) is 0 Å². The van der Waals surface area contributed by atoms with E-state index in [4.69, 9.17) is 21.3 Å². The number of morpholine rings is 1. The third kappa shape index (κ3) is 3.96. The van der Waals surface area contributed by atoms with E-state index >= 15 is 0 Å². The first-order valence-corrected chi connectivity index (χ1v) is 9.22. The Labute approximate surface area is 157 Å². The second-order valence-corrected chi connectivity index (χ2v) is 6.75. The van der Waals surface area contributed by atoms with Gasteiger partial charge in [0.25, 0.3) is 0 Å². The molecule has 0 N–H and O–H groups in total. The van der Waals surface area contributed by atoms with Crippen LogP contribution in [0.4, 0.5) is 5.95 Å². The fraction of sp³-hybridized carbons (Fsp3) is 0.300. The lowest BCUT2D eigenvalue weighted by Crippen LogP contribution is -2.38. The second kappa shape index (κ2) is 7.99. The van der Waals surface area contributed by atoms with Gasteiger partial charge in [0.05, 0.1) is 24.2 Å². The molecule has 0 spiro atoms. The van der Waals surface area contributed by atoms with Crippen LogP contribution in [0, 0.1) is 0 Å². The number of benzene rings is 2. The molecule has 1 saturated heterocycles. The third-order valence-electron chi connectivity index (χ3n) is 4.58. The lowest BCUT2D eigenvalue weighted by atomic mass is 10.2. The van der Waals surface area contributed by atoms with Crippen LogP contribution in [0.5, 0.6) is 0 Å². The van der Waals surface area contributed by atoms with E-state index in [9.17, 15) is 0 Å². The van der Waals surface area contributed by atoms with E-state index in [1.807, 2.05) is 48.7 Å². The number of aromatic nitrogens is 2. The summed E-state index contributed by atoms with van der Waals surface area (Å²) >= 11 is 5.95. The number of ether oxygens (including phenoxy) is 1. The normalized spacial score (nSPS) is 15.9. The highest BCUT2D eigenvalue weighted by atomic mass is 35.5. The van der Waals surface area contributed by atoms with Crippen LogP contribution in [-0.4, -0.2) is 53.5 Å². The standard InChI is InChI=1S/C20H21ClN4O/c21-17-7-5-16(6-8-17)15-22-20-23-18-3-1-2-4-19(18)25(20)10-9-24-11-13-26-14-12-24/h1-8,15H,9-14H2/b22-15+. The molecule has 134 valence electrons. The second-order valence-electron chi connectivity index (χ2n) is 6.32. The lowest BCUT2D eigenvalue weighted by molar-refractivity contribution is 0.0366. The average molecular weight is 369 g/mol. The van der Waals surface area contributed by atoms with Gasteiger partial charge in [0, 0.05) is 37.4 Å². The maximum absolute atomic E-state index is 5.95. The van der Waals surface area contributed by atoms with Gasteiger partial charge in [-0.1, -0.05) is 35.9 Å². The molecule has 0 aliphatic carbocycles. The molecule has 2 heterocycles. The van der Waals surface area contributed by atoms with Crippen LogP contribution in [0.2, 0.25) is 5.02 Å². The highest BCUT2D eigenvalue weighted by molar-refractivity contribution is 6.30. The Morgan fingerprint density at radius 1 is 1.04 bits per heavy atom. The molecule has 0 bridgehead atoms. The first kappa shape index (κ1) is 17.2. The van der Waals surface area contributed by atoms with Gasteiger partial charge in [-0.25, -0.2) is 9.98 Å². The zero-order valence-electron chi connectivity index (χ0n) is 14.5. The quantitative estimate of drug-likeness (QED) is 0.644. The number of hydrogen-bond acceptors (Lipinski definition) is 4. The summed E-state index contributed by atoms with van der Waals surface area (Å²) < 4.78 is 7.62. The molecule has 0 amide bonds. The number of imidazole rings is 1. The highest BCUT2D eigenvalue weighted by Crippen LogP contribution is 2.22. The molecule has 1 aliphatic heterocycles. The van der Waals surface area contributed by atoms with Gasteiger partial charge in [-0.3, -0.25) is 4.90 Å². The van der Waals surface area contributed by atoms with Crippen LogP contribution in [-0.2, 0) is 11.3 Å². The number of fused-ring (bicyclic) bond motifs is 1. The monoisotopic (exact) mass is 368 g/mol. The van der Waals surface area contributed by atoms with Crippen LogP contribution in [0.15, 0.2) is 53.5 Å². The van der Waals surface area contributed by atoms with Gasteiger partial charge in [0.2, 0.25) is 5.95 Å². The first-order valence-electron chi connectivity index (χ1n) is 8.84. The predicted octanol–water partition coefficient (Wildman–Crippen LogP) is 3.77. The third-order valence-corrected chi connectivity index (χ3v) is 4.83. The van der Waals surface area contributed by atoms with Gasteiger partial charge in [-0.15, -0.1) is 0 Å². The van der Waals surface area contributed by atoms with Crippen LogP contribution >= 0.6 is 11.6 Å². The molecule has 0 radical (unpaired) electrons. The molecule has 1 aromatic heterocycles. The SMILES string of the molecule is Clc1ccc(/C=N/c2nc3ccccc3n2CCN2CCOCC2)cc1. The van der Waals surface area contributed by atoms with Crippen molar-refractivity contribution in [1.82, 2.24) is 14.5 Å². The minimum Gasteiger partial charge on any atom is -0.379 e. The van der Waals surface area contributed by atoms with E-state index in [2.05, 4.69) is 20.5 Å². The fourth-order valence-corrected chi connectivity index (χ4v) is 3.26. The zero-order valence-corrected chi connectivity index (χ0v) is 15.3. The molecule has 0 saturated carbocycles. The molecule has 0 unspecified atom stereocenters. The van der Waals surface area contributed by atoms with E-state index in [1.54, 1.807) is 0 Å². The van der Waals surface area contributed by atoms with Crippen molar-refractivity contribution >= 4 is 34.8 Å². The molecule has 26 heavy (non-hydrogen) atoms. The molecule has 0 atom stereocenters. The summed E-state index contributed by atoms with van der Waals surface area (Å²) in [5.74, 6) is 0.731. The summed E-state index contributed by atoms with van der Waals surface area (Å²) in [6, 6.07) is 15.8. The maximum Gasteiger partial charge on any atom is 0.230 e. The van der Waals surface area contributed by atoms with Crippen LogP contribution in [0.1, 0.15) is 5.56 Å². The van der Waals surface area contributed by atoms with E-state index in [0.29, 0.717) is 0 Å². The van der Waals surface area contributed by atoms with E-state index < -0.39 is 0 Å². The largest absolute Gasteiger partial charge is 0.379 e. The number of halogens is 1. The minimum atomic E-state index is 0.722. The molecule has 2 aromatic carbocycles. The van der Waals surface area contributed by atoms with Crippen LogP contribution in [0.3, 0.4) is 0 Å². The summed E-state index contributed by atoms with van der Waals surface area (Å²) in [7, 11) is 0. The fourth-order valence-electron chi connectivity index (χ4n) is 3.13. The molecule has 5 nitrogen and oxygen atoms in total. The van der Waals surface area contributed by atoms with Crippen molar-refractivity contribution in [2.75, 3.05) is 32.8 Å². The Kier molecular flexibility index (Phi) is 5.29. The number of aliphatic imine (C=N–C) groups is 1. The van der Waals surface area contributed by atoms with Gasteiger partial charge in [0.15, 0.2) is 0 Å². The van der Waals surface area contributed by atoms with Gasteiger partial charge in [-0.05, 0) is 29.8 Å². The van der Waals surface area contributed by atoms with Crippen molar-refractivity contribution in [2.24, 2.45) is 4.99 Å². The summed E-state index contributed by atoms with van der Waals surface area (Å²) in [5, 5.41) is 0.722. The highest BCUT2D eigenvalue weighted by Gasteiger charge is 2.13. The number of nitrogens with zero attached hydrogens (tertiary/aromatic N) is 4. The van der Waals surface area contributed by atoms with Crippen molar-refractivity contribution < 1.29 is 4.74 Å². The molecular formula is C20H21ClN4O. The summed E-state index contributed by atoms with van der Waals surface area (Å²) in [5.41, 5.74) is 3.09. The van der Waals surface area contributed by atoms with Crippen molar-refractivity contribution in [3.8, 4) is 0 Å². The van der Waals surface area contributed by atoms with Crippen LogP contribution < -0.4 is 0 Å². The molecule has 6 heteroatoms. The number of para-hydroxylation sites is 2. The summed E-state index contributed by atoms with van der Waals surface area (Å²) in [6.07, 6.45) is 1.84. The van der Waals surface area contributed by atoms with E-state index in [-0.39, 0.29) is 0 Å². The molecule has 1 fully saturated rings. The van der Waals surface area contributed by atoms with Crippen molar-refractivity contribution in [1.29, 1.82) is 0 Å². The lowest BCUT2D eigenvalue weighted by Gasteiger charge is -2.26. The first-order chi connectivity index (χ1) is 12.8. The molecule has 4 rings (SSSR count). The van der Waals surface area contributed by atoms with Gasteiger partial charge >= 0.3 is 0 Å². The maximum atomic E-state index is 5.95. The summed E-state index contributed by atoms with van der Waals surface area (Å²) in [4.78, 5) is 11.8. The molecular weight excluding hydrogens is 348 g/mol. The predicted molar refractivity (Wildman–Crippen MR) is 106 cm³/mol. The average Bonchev–Trinajstić information content (AvgIpc) is 3.04. The smallest absolute Gasteiger partial charge is 0.230 e.